The number of allylic oxidation sites excluding steroid dienone is 1. The molecule has 0 spiro atoms. The lowest BCUT2D eigenvalue weighted by Crippen LogP contribution is -2.60. The van der Waals surface area contributed by atoms with Gasteiger partial charge in [0.1, 0.15) is 5.94 Å². The molecule has 10 heteroatoms. The van der Waals surface area contributed by atoms with Gasteiger partial charge in [0.25, 0.3) is 0 Å². The summed E-state index contributed by atoms with van der Waals surface area (Å²) >= 11 is 0. The summed E-state index contributed by atoms with van der Waals surface area (Å²) < 4.78 is 109. The number of hydrogen-bond donors (Lipinski definition) is 0. The Morgan fingerprint density at radius 2 is 1.24 bits per heavy atom. The van der Waals surface area contributed by atoms with Crippen molar-refractivity contribution in [3.05, 3.63) is 6.08 Å². The van der Waals surface area contributed by atoms with Crippen LogP contribution >= 0.6 is 0 Å². The zero-order chi connectivity index (χ0) is 14.1. The maximum absolute atomic E-state index is 12.5. The Bertz CT molecular complexity index is 323. The van der Waals surface area contributed by atoms with Crippen molar-refractivity contribution in [3.8, 4) is 0 Å². The van der Waals surface area contributed by atoms with E-state index in [1.165, 1.54) is 0 Å². The summed E-state index contributed by atoms with van der Waals surface area (Å²) in [5.74, 6) is -18.8. The molecule has 0 aliphatic rings. The maximum Gasteiger partial charge on any atom is 0.460 e. The molecule has 0 bridgehead atoms. The number of halogens is 9. The molecule has 0 radical (unpaired) electrons. The Labute approximate surface area is 87.9 Å². The molecule has 0 saturated carbocycles. The first-order valence-electron chi connectivity index (χ1n) is 3.71. The molecular formula is C7H3F9O. The van der Waals surface area contributed by atoms with Crippen molar-refractivity contribution in [2.24, 2.45) is 0 Å². The third kappa shape index (κ3) is 2.56. The minimum atomic E-state index is -6.92. The summed E-state index contributed by atoms with van der Waals surface area (Å²) in [5.41, 5.74) is 0. The molecule has 0 aliphatic carbocycles. The van der Waals surface area contributed by atoms with Crippen molar-refractivity contribution < 1.29 is 44.3 Å². The van der Waals surface area contributed by atoms with Crippen LogP contribution in [0.4, 0.5) is 39.5 Å². The van der Waals surface area contributed by atoms with Crippen LogP contribution in [0.2, 0.25) is 0 Å². The molecule has 0 N–H and O–H groups in total. The predicted octanol–water partition coefficient (Wildman–Crippen LogP) is 3.23. The van der Waals surface area contributed by atoms with Gasteiger partial charge < -0.3 is 0 Å². The van der Waals surface area contributed by atoms with Gasteiger partial charge in [0.15, 0.2) is 0 Å². The van der Waals surface area contributed by atoms with Crippen molar-refractivity contribution in [2.75, 3.05) is 0 Å². The zero-order valence-electron chi connectivity index (χ0n) is 7.59. The van der Waals surface area contributed by atoms with Crippen LogP contribution in [0.3, 0.4) is 0 Å². The fraction of sp³-hybridized carbons (Fsp3) is 0.714. The Morgan fingerprint density at radius 1 is 0.824 bits per heavy atom. The number of alkyl halides is 9. The van der Waals surface area contributed by atoms with E-state index >= 15 is 0 Å². The van der Waals surface area contributed by atoms with E-state index < -0.39 is 30.4 Å². The largest absolute Gasteiger partial charge is 0.460 e. The normalized spacial score (nSPS) is 14.4. The summed E-state index contributed by atoms with van der Waals surface area (Å²) in [6.07, 6.45) is -9.43. The lowest BCUT2D eigenvalue weighted by Gasteiger charge is -2.32. The molecular weight excluding hydrogens is 271 g/mol. The topological polar surface area (TPSA) is 17.1 Å². The summed E-state index contributed by atoms with van der Waals surface area (Å²) in [7, 11) is 0. The molecule has 100 valence electrons. The Kier molecular flexibility index (Phi) is 3.95. The van der Waals surface area contributed by atoms with Gasteiger partial charge in [0.05, 0.1) is 0 Å². The average molecular weight is 274 g/mol. The van der Waals surface area contributed by atoms with E-state index in [2.05, 4.69) is 0 Å². The van der Waals surface area contributed by atoms with Crippen LogP contribution in [0.15, 0.2) is 6.08 Å². The van der Waals surface area contributed by atoms with Crippen LogP contribution in [-0.4, -0.2) is 29.9 Å². The van der Waals surface area contributed by atoms with Gasteiger partial charge in [0, 0.05) is 12.5 Å². The highest BCUT2D eigenvalue weighted by Gasteiger charge is 2.81. The Morgan fingerprint density at radius 3 is 1.53 bits per heavy atom. The molecule has 0 saturated heterocycles. The molecule has 0 aromatic heterocycles. The fourth-order valence-electron chi connectivity index (χ4n) is 0.706. The van der Waals surface area contributed by atoms with Crippen LogP contribution in [0.25, 0.3) is 0 Å². The SMILES string of the molecule is O=C=CCC(F)(F)C(F)(F)C(F)(F)C(F)(F)F. The predicted molar refractivity (Wildman–Crippen MR) is 35.8 cm³/mol. The third-order valence-electron chi connectivity index (χ3n) is 1.65. The van der Waals surface area contributed by atoms with Crippen molar-refractivity contribution >= 4 is 5.94 Å². The summed E-state index contributed by atoms with van der Waals surface area (Å²) in [5, 5.41) is 0. The second-order valence-corrected chi connectivity index (χ2v) is 2.88. The molecule has 0 heterocycles. The van der Waals surface area contributed by atoms with Crippen molar-refractivity contribution in [2.45, 2.75) is 30.4 Å². The average Bonchev–Trinajstić information content (AvgIpc) is 2.12. The minimum Gasteiger partial charge on any atom is -0.234 e. The minimum absolute atomic E-state index is 0.305. The van der Waals surface area contributed by atoms with Crippen LogP contribution in [0, 0.1) is 0 Å². The van der Waals surface area contributed by atoms with E-state index in [1.54, 1.807) is 0 Å². The van der Waals surface area contributed by atoms with Crippen molar-refractivity contribution in [1.29, 1.82) is 0 Å². The second kappa shape index (κ2) is 4.25. The summed E-state index contributed by atoms with van der Waals surface area (Å²) in [6.45, 7) is 0. The van der Waals surface area contributed by atoms with Gasteiger partial charge in [0.2, 0.25) is 0 Å². The van der Waals surface area contributed by atoms with Crippen molar-refractivity contribution in [1.82, 2.24) is 0 Å². The quantitative estimate of drug-likeness (QED) is 0.568. The highest BCUT2D eigenvalue weighted by Crippen LogP contribution is 2.53. The lowest BCUT2D eigenvalue weighted by molar-refractivity contribution is -0.395. The molecule has 0 aromatic rings. The molecule has 0 amide bonds. The van der Waals surface area contributed by atoms with E-state index in [1.807, 2.05) is 0 Å². The molecule has 1 nitrogen and oxygen atoms in total. The first-order chi connectivity index (χ1) is 7.31. The third-order valence-corrected chi connectivity index (χ3v) is 1.65. The second-order valence-electron chi connectivity index (χ2n) is 2.88. The first kappa shape index (κ1) is 15.8. The van der Waals surface area contributed by atoms with Crippen LogP contribution < -0.4 is 0 Å². The molecule has 0 rings (SSSR count). The fourth-order valence-corrected chi connectivity index (χ4v) is 0.706. The number of rotatable bonds is 4. The van der Waals surface area contributed by atoms with Crippen LogP contribution in [-0.2, 0) is 4.79 Å². The number of carbonyl (C=O) groups excluding carboxylic acids is 1. The van der Waals surface area contributed by atoms with Gasteiger partial charge in [-0.3, -0.25) is 0 Å². The molecule has 0 fully saturated rings. The van der Waals surface area contributed by atoms with E-state index in [-0.39, 0.29) is 6.08 Å². The van der Waals surface area contributed by atoms with Gasteiger partial charge in [-0.25, -0.2) is 4.79 Å². The first-order valence-corrected chi connectivity index (χ1v) is 3.71. The van der Waals surface area contributed by atoms with E-state index in [0.717, 1.165) is 0 Å². The van der Waals surface area contributed by atoms with Crippen molar-refractivity contribution in [3.63, 3.8) is 0 Å². The van der Waals surface area contributed by atoms with Crippen LogP contribution in [0.5, 0.6) is 0 Å². The van der Waals surface area contributed by atoms with Gasteiger partial charge in [-0.1, -0.05) is 0 Å². The maximum atomic E-state index is 12.5. The Hall–Kier alpha value is -1.18. The summed E-state index contributed by atoms with van der Waals surface area (Å²) in [4.78, 5) is 9.46. The highest BCUT2D eigenvalue weighted by molar-refractivity contribution is 5.45. The molecule has 17 heavy (non-hydrogen) atoms. The smallest absolute Gasteiger partial charge is 0.234 e. The van der Waals surface area contributed by atoms with Gasteiger partial charge in [-0.05, 0) is 0 Å². The zero-order valence-corrected chi connectivity index (χ0v) is 7.59. The van der Waals surface area contributed by atoms with E-state index in [9.17, 15) is 44.3 Å². The summed E-state index contributed by atoms with van der Waals surface area (Å²) in [6, 6.07) is 0. The van der Waals surface area contributed by atoms with E-state index in [4.69, 9.17) is 0 Å². The number of hydrogen-bond acceptors (Lipinski definition) is 1. The van der Waals surface area contributed by atoms with Crippen LogP contribution in [0.1, 0.15) is 6.42 Å². The highest BCUT2D eigenvalue weighted by atomic mass is 19.4. The van der Waals surface area contributed by atoms with Gasteiger partial charge in [-0.15, -0.1) is 0 Å². The monoisotopic (exact) mass is 274 g/mol. The lowest BCUT2D eigenvalue weighted by atomic mass is 10.0. The van der Waals surface area contributed by atoms with E-state index in [0.29, 0.717) is 5.94 Å². The van der Waals surface area contributed by atoms with Gasteiger partial charge >= 0.3 is 23.9 Å². The standard InChI is InChI=1S/C7H3F9O/c8-4(9,2-1-3-17)5(10,11)6(12,13)7(14,15)16/h1H,2H2. The molecule has 0 aliphatic heterocycles. The molecule has 0 unspecified atom stereocenters. The molecule has 0 aromatic carbocycles. The molecule has 0 atom stereocenters. The Balaban J connectivity index is 5.46. The van der Waals surface area contributed by atoms with Gasteiger partial charge in [-0.2, -0.15) is 39.5 Å².